The number of nitrogens with one attached hydrogen (secondary N) is 2. The number of anilines is 2. The Morgan fingerprint density at radius 3 is 2.95 bits per heavy atom. The third kappa shape index (κ3) is 3.49. The van der Waals surface area contributed by atoms with Crippen LogP contribution in [-0.4, -0.2) is 15.9 Å². The molecule has 0 aliphatic rings. The van der Waals surface area contributed by atoms with Gasteiger partial charge in [-0.3, -0.25) is 4.79 Å². The highest BCUT2D eigenvalue weighted by molar-refractivity contribution is 7.22. The van der Waals surface area contributed by atoms with E-state index < -0.39 is 0 Å². The zero-order chi connectivity index (χ0) is 14.8. The van der Waals surface area contributed by atoms with Crippen LogP contribution < -0.4 is 10.6 Å². The van der Waals surface area contributed by atoms with Crippen molar-refractivity contribution in [3.8, 4) is 0 Å². The third-order valence-electron chi connectivity index (χ3n) is 2.66. The summed E-state index contributed by atoms with van der Waals surface area (Å²) in [5.74, 6) is -0.116. The van der Waals surface area contributed by atoms with Crippen molar-refractivity contribution < 1.29 is 4.79 Å². The lowest BCUT2D eigenvalue weighted by Gasteiger charge is -2.03. The Morgan fingerprint density at radius 2 is 2.24 bits per heavy atom. The van der Waals surface area contributed by atoms with E-state index in [0.717, 1.165) is 20.8 Å². The van der Waals surface area contributed by atoms with E-state index in [1.165, 1.54) is 29.6 Å². The number of halogens is 1. The van der Waals surface area contributed by atoms with Gasteiger partial charge in [0.25, 0.3) is 0 Å². The number of fused-ring (bicyclic) bond motifs is 1. The molecule has 0 aliphatic heterocycles. The molecule has 3 rings (SSSR count). The first-order valence-corrected chi connectivity index (χ1v) is 8.13. The van der Waals surface area contributed by atoms with Crippen LogP contribution in [0.3, 0.4) is 0 Å². The van der Waals surface area contributed by atoms with E-state index in [1.807, 2.05) is 18.2 Å². The van der Waals surface area contributed by atoms with Gasteiger partial charge in [-0.1, -0.05) is 22.9 Å². The molecule has 5 nitrogen and oxygen atoms in total. The molecule has 0 aliphatic carbocycles. The number of hydrogen-bond donors (Lipinski definition) is 2. The summed E-state index contributed by atoms with van der Waals surface area (Å²) in [6, 6.07) is 5.91. The maximum absolute atomic E-state index is 11.0. The minimum absolute atomic E-state index is 0.116. The maximum Gasteiger partial charge on any atom is 0.223 e. The smallest absolute Gasteiger partial charge is 0.223 e. The number of aromatic nitrogens is 2. The summed E-state index contributed by atoms with van der Waals surface area (Å²) < 4.78 is 1.57. The minimum atomic E-state index is -0.116. The SMILES string of the molecule is CC(=O)Nc1nc2ccc(NCc3cnc(Cl)s3)cc2s1. The van der Waals surface area contributed by atoms with E-state index in [9.17, 15) is 4.79 Å². The number of carbonyl (C=O) groups is 1. The van der Waals surface area contributed by atoms with E-state index in [1.54, 1.807) is 6.20 Å². The number of thiazole rings is 2. The van der Waals surface area contributed by atoms with Crippen molar-refractivity contribution in [3.63, 3.8) is 0 Å². The van der Waals surface area contributed by atoms with Gasteiger partial charge in [0.05, 0.1) is 16.8 Å². The van der Waals surface area contributed by atoms with Crippen LogP contribution in [-0.2, 0) is 11.3 Å². The number of benzene rings is 1. The molecule has 0 saturated heterocycles. The van der Waals surface area contributed by atoms with Crippen molar-refractivity contribution in [2.75, 3.05) is 10.6 Å². The van der Waals surface area contributed by atoms with Gasteiger partial charge in [0.15, 0.2) is 9.60 Å². The van der Waals surface area contributed by atoms with E-state index in [2.05, 4.69) is 20.6 Å². The molecule has 3 aromatic rings. The van der Waals surface area contributed by atoms with Crippen LogP contribution in [0.15, 0.2) is 24.4 Å². The van der Waals surface area contributed by atoms with Gasteiger partial charge in [-0.2, -0.15) is 0 Å². The quantitative estimate of drug-likeness (QED) is 0.755. The molecule has 0 bridgehead atoms. The van der Waals surface area contributed by atoms with E-state index >= 15 is 0 Å². The Kier molecular flexibility index (Phi) is 4.05. The first-order valence-electron chi connectivity index (χ1n) is 6.12. The highest BCUT2D eigenvalue weighted by Gasteiger charge is 2.06. The summed E-state index contributed by atoms with van der Waals surface area (Å²) in [5, 5.41) is 6.64. The molecule has 2 aromatic heterocycles. The second-order valence-corrected chi connectivity index (χ2v) is 7.04. The Morgan fingerprint density at radius 1 is 1.38 bits per heavy atom. The average Bonchev–Trinajstić information content (AvgIpc) is 3.00. The Labute approximate surface area is 134 Å². The molecule has 0 radical (unpaired) electrons. The molecule has 0 saturated carbocycles. The van der Waals surface area contributed by atoms with Crippen LogP contribution >= 0.6 is 34.3 Å². The average molecular weight is 339 g/mol. The van der Waals surface area contributed by atoms with Crippen molar-refractivity contribution in [2.45, 2.75) is 13.5 Å². The number of amides is 1. The molecule has 0 unspecified atom stereocenters. The summed E-state index contributed by atoms with van der Waals surface area (Å²) in [4.78, 5) is 20.5. The van der Waals surface area contributed by atoms with E-state index in [0.29, 0.717) is 16.1 Å². The summed E-state index contributed by atoms with van der Waals surface area (Å²) >= 11 is 8.71. The fraction of sp³-hybridized carbons (Fsp3) is 0.154. The van der Waals surface area contributed by atoms with Crippen LogP contribution in [0.25, 0.3) is 10.2 Å². The standard InChI is InChI=1S/C13H11ClN4OS2/c1-7(19)17-13-18-10-3-2-8(4-11(10)21-13)15-5-9-6-16-12(14)20-9/h2-4,6,15H,5H2,1H3,(H,17,18,19). The van der Waals surface area contributed by atoms with E-state index in [-0.39, 0.29) is 5.91 Å². The monoisotopic (exact) mass is 338 g/mol. The summed E-state index contributed by atoms with van der Waals surface area (Å²) in [6.07, 6.45) is 1.76. The zero-order valence-electron chi connectivity index (χ0n) is 11.0. The number of rotatable bonds is 4. The maximum atomic E-state index is 11.0. The molecule has 0 spiro atoms. The van der Waals surface area contributed by atoms with Crippen LogP contribution in [0.5, 0.6) is 0 Å². The van der Waals surface area contributed by atoms with Crippen molar-refractivity contribution in [1.29, 1.82) is 0 Å². The molecular formula is C13H11ClN4OS2. The summed E-state index contributed by atoms with van der Waals surface area (Å²) in [6.45, 7) is 2.15. The predicted octanol–water partition coefficient (Wildman–Crippen LogP) is 3.98. The predicted molar refractivity (Wildman–Crippen MR) is 88.4 cm³/mol. The van der Waals surface area contributed by atoms with Crippen molar-refractivity contribution in [1.82, 2.24) is 9.97 Å². The lowest BCUT2D eigenvalue weighted by atomic mass is 10.3. The highest BCUT2D eigenvalue weighted by atomic mass is 35.5. The highest BCUT2D eigenvalue weighted by Crippen LogP contribution is 2.28. The molecule has 1 amide bonds. The van der Waals surface area contributed by atoms with Crippen molar-refractivity contribution >= 4 is 61.2 Å². The van der Waals surface area contributed by atoms with Gasteiger partial charge in [0.2, 0.25) is 5.91 Å². The van der Waals surface area contributed by atoms with Gasteiger partial charge in [-0.15, -0.1) is 11.3 Å². The molecule has 21 heavy (non-hydrogen) atoms. The largest absolute Gasteiger partial charge is 0.380 e. The van der Waals surface area contributed by atoms with Gasteiger partial charge in [0, 0.05) is 23.7 Å². The molecular weight excluding hydrogens is 328 g/mol. The first-order chi connectivity index (χ1) is 10.1. The Hall–Kier alpha value is -1.70. The molecule has 108 valence electrons. The first kappa shape index (κ1) is 14.2. The number of nitrogens with zero attached hydrogens (tertiary/aromatic N) is 2. The third-order valence-corrected chi connectivity index (χ3v) is 4.71. The molecule has 8 heteroatoms. The lowest BCUT2D eigenvalue weighted by Crippen LogP contribution is -2.04. The van der Waals surface area contributed by atoms with Gasteiger partial charge < -0.3 is 10.6 Å². The molecule has 0 fully saturated rings. The zero-order valence-corrected chi connectivity index (χ0v) is 13.4. The summed E-state index contributed by atoms with van der Waals surface area (Å²) in [5.41, 5.74) is 1.86. The van der Waals surface area contributed by atoms with Crippen molar-refractivity contribution in [2.24, 2.45) is 0 Å². The van der Waals surface area contributed by atoms with Crippen LogP contribution in [0.4, 0.5) is 10.8 Å². The van der Waals surface area contributed by atoms with E-state index in [4.69, 9.17) is 11.6 Å². The van der Waals surface area contributed by atoms with Crippen LogP contribution in [0.2, 0.25) is 4.47 Å². The molecule has 2 N–H and O–H groups in total. The lowest BCUT2D eigenvalue weighted by molar-refractivity contribution is -0.114. The topological polar surface area (TPSA) is 66.9 Å². The normalized spacial score (nSPS) is 10.8. The second-order valence-electron chi connectivity index (χ2n) is 4.32. The minimum Gasteiger partial charge on any atom is -0.380 e. The Bertz CT molecular complexity index is 798. The van der Waals surface area contributed by atoms with Crippen molar-refractivity contribution in [3.05, 3.63) is 33.7 Å². The Balaban J connectivity index is 1.75. The molecule has 2 heterocycles. The molecule has 0 atom stereocenters. The fourth-order valence-corrected chi connectivity index (χ4v) is 3.66. The summed E-state index contributed by atoms with van der Waals surface area (Å²) in [7, 11) is 0. The van der Waals surface area contributed by atoms with Gasteiger partial charge in [-0.25, -0.2) is 9.97 Å². The van der Waals surface area contributed by atoms with Gasteiger partial charge in [0.1, 0.15) is 0 Å². The second kappa shape index (κ2) is 5.97. The number of hydrogen-bond acceptors (Lipinski definition) is 6. The van der Waals surface area contributed by atoms with Gasteiger partial charge >= 0.3 is 0 Å². The number of carbonyl (C=O) groups excluding carboxylic acids is 1. The van der Waals surface area contributed by atoms with Crippen LogP contribution in [0.1, 0.15) is 11.8 Å². The van der Waals surface area contributed by atoms with Crippen LogP contribution in [0, 0.1) is 0 Å². The van der Waals surface area contributed by atoms with Gasteiger partial charge in [-0.05, 0) is 18.2 Å². The molecule has 1 aromatic carbocycles. The fourth-order valence-electron chi connectivity index (χ4n) is 1.79.